The molecule has 1 aliphatic rings. The van der Waals surface area contributed by atoms with Crippen LogP contribution in [0.2, 0.25) is 0 Å². The highest BCUT2D eigenvalue weighted by atomic mass is 35.5. The average Bonchev–Trinajstić information content (AvgIpc) is 2.82. The van der Waals surface area contributed by atoms with E-state index in [-0.39, 0.29) is 42.3 Å². The molecule has 0 unspecified atom stereocenters. The van der Waals surface area contributed by atoms with E-state index in [0.717, 1.165) is 42.8 Å². The number of hydrogen-bond donors (Lipinski definition) is 3. The highest BCUT2D eigenvalue weighted by molar-refractivity contribution is 5.85. The Morgan fingerprint density at radius 1 is 1.27 bits per heavy atom. The number of aromatic amines is 1. The maximum absolute atomic E-state index is 12.2. The van der Waals surface area contributed by atoms with E-state index in [4.69, 9.17) is 0 Å². The summed E-state index contributed by atoms with van der Waals surface area (Å²) in [5.41, 5.74) is 3.34. The van der Waals surface area contributed by atoms with E-state index in [1.807, 2.05) is 13.8 Å². The number of carbonyl (C=O) groups is 1. The van der Waals surface area contributed by atoms with Gasteiger partial charge in [0.25, 0.3) is 5.56 Å². The van der Waals surface area contributed by atoms with Gasteiger partial charge < -0.3 is 10.6 Å². The highest BCUT2D eigenvalue weighted by Crippen LogP contribution is 2.21. The molecule has 0 bridgehead atoms. The molecule has 0 saturated carbocycles. The van der Waals surface area contributed by atoms with Gasteiger partial charge in [-0.1, -0.05) is 0 Å². The number of aromatic nitrogens is 3. The van der Waals surface area contributed by atoms with Crippen molar-refractivity contribution in [2.75, 3.05) is 13.1 Å². The smallest absolute Gasteiger partial charge is 0.273 e. The van der Waals surface area contributed by atoms with Crippen LogP contribution in [-0.4, -0.2) is 39.8 Å². The number of fused-ring (bicyclic) bond motifs is 1. The van der Waals surface area contributed by atoms with Gasteiger partial charge >= 0.3 is 0 Å². The Morgan fingerprint density at radius 2 is 1.92 bits per heavy atom. The summed E-state index contributed by atoms with van der Waals surface area (Å²) in [5.74, 6) is 0.0720. The molecule has 0 atom stereocenters. The summed E-state index contributed by atoms with van der Waals surface area (Å²) in [6.07, 6.45) is 2.99. The molecule has 1 saturated heterocycles. The van der Waals surface area contributed by atoms with Crippen LogP contribution in [0.5, 0.6) is 0 Å². The van der Waals surface area contributed by atoms with Gasteiger partial charge in [0.15, 0.2) is 5.65 Å². The molecule has 0 aromatic carbocycles. The van der Waals surface area contributed by atoms with E-state index < -0.39 is 0 Å². The van der Waals surface area contributed by atoms with E-state index in [1.165, 1.54) is 0 Å². The van der Waals surface area contributed by atoms with Gasteiger partial charge in [-0.05, 0) is 57.3 Å². The van der Waals surface area contributed by atoms with Gasteiger partial charge in [0, 0.05) is 25.2 Å². The SMILES string of the molecule is Cc1nc2c(c(C)c1CCC(=O)NC1CCNCC1)c(=O)[nH]n2C.Cl.Cl. The Balaban J connectivity index is 0.00000169. The number of pyridine rings is 1. The second-order valence-corrected chi connectivity index (χ2v) is 6.59. The number of aryl methyl sites for hydroxylation is 3. The lowest BCUT2D eigenvalue weighted by Crippen LogP contribution is -2.42. The molecule has 1 fully saturated rings. The molecule has 146 valence electrons. The van der Waals surface area contributed by atoms with Crippen molar-refractivity contribution in [3.05, 3.63) is 27.2 Å². The molecule has 9 heteroatoms. The number of carbonyl (C=O) groups excluding carboxylic acids is 1. The lowest BCUT2D eigenvalue weighted by Gasteiger charge is -2.23. The van der Waals surface area contributed by atoms with Crippen LogP contribution in [0.25, 0.3) is 11.0 Å². The van der Waals surface area contributed by atoms with Crippen molar-refractivity contribution >= 4 is 41.8 Å². The van der Waals surface area contributed by atoms with Crippen molar-refractivity contribution in [3.8, 4) is 0 Å². The number of nitrogens with one attached hydrogen (secondary N) is 3. The fourth-order valence-corrected chi connectivity index (χ4v) is 3.52. The van der Waals surface area contributed by atoms with Crippen LogP contribution in [0.4, 0.5) is 0 Å². The zero-order valence-electron chi connectivity index (χ0n) is 15.3. The Bertz CT molecular complexity index is 825. The molecule has 3 heterocycles. The third kappa shape index (κ3) is 4.58. The molecule has 0 spiro atoms. The maximum atomic E-state index is 12.2. The van der Waals surface area contributed by atoms with Crippen molar-refractivity contribution < 1.29 is 4.79 Å². The van der Waals surface area contributed by atoms with Crippen LogP contribution in [-0.2, 0) is 18.3 Å². The van der Waals surface area contributed by atoms with Crippen molar-refractivity contribution in [1.29, 1.82) is 0 Å². The molecule has 2 aromatic heterocycles. The van der Waals surface area contributed by atoms with Crippen LogP contribution in [0, 0.1) is 13.8 Å². The van der Waals surface area contributed by atoms with Crippen LogP contribution >= 0.6 is 24.8 Å². The first-order valence-corrected chi connectivity index (χ1v) is 8.52. The van der Waals surface area contributed by atoms with Gasteiger partial charge in [-0.25, -0.2) is 4.98 Å². The normalized spacial score (nSPS) is 14.6. The molecular weight excluding hydrogens is 377 g/mol. The minimum atomic E-state index is -0.127. The van der Waals surface area contributed by atoms with Gasteiger partial charge in [-0.2, -0.15) is 0 Å². The summed E-state index contributed by atoms with van der Waals surface area (Å²) < 4.78 is 1.64. The second-order valence-electron chi connectivity index (χ2n) is 6.59. The number of piperidine rings is 1. The Hall–Kier alpha value is -1.57. The summed E-state index contributed by atoms with van der Waals surface area (Å²) in [7, 11) is 1.78. The van der Waals surface area contributed by atoms with E-state index >= 15 is 0 Å². The quantitative estimate of drug-likeness (QED) is 0.721. The molecule has 7 nitrogen and oxygen atoms in total. The standard InChI is InChI=1S/C17H25N5O2.2ClH/c1-10-13(4-5-14(23)20-12-6-8-18-9-7-12)11(2)19-16-15(10)17(24)21-22(16)3;;/h12,18H,4-9H2,1-3H3,(H,20,23)(H,21,24);2*1H. The minimum Gasteiger partial charge on any atom is -0.353 e. The van der Waals surface area contributed by atoms with Gasteiger partial charge in [-0.3, -0.25) is 19.4 Å². The summed E-state index contributed by atoms with van der Waals surface area (Å²) in [5, 5.41) is 9.77. The van der Waals surface area contributed by atoms with Crippen molar-refractivity contribution in [2.24, 2.45) is 7.05 Å². The third-order valence-electron chi connectivity index (χ3n) is 4.88. The zero-order chi connectivity index (χ0) is 17.3. The first kappa shape index (κ1) is 22.5. The number of amides is 1. The average molecular weight is 404 g/mol. The molecule has 0 aliphatic carbocycles. The predicted molar refractivity (Wildman–Crippen MR) is 108 cm³/mol. The van der Waals surface area contributed by atoms with Crippen LogP contribution in [0.1, 0.15) is 36.1 Å². The lowest BCUT2D eigenvalue weighted by atomic mass is 10.00. The van der Waals surface area contributed by atoms with Crippen LogP contribution < -0.4 is 16.2 Å². The summed E-state index contributed by atoms with van der Waals surface area (Å²) >= 11 is 0. The number of halogens is 2. The number of hydrogen-bond acceptors (Lipinski definition) is 4. The molecule has 3 N–H and O–H groups in total. The third-order valence-corrected chi connectivity index (χ3v) is 4.88. The molecule has 3 rings (SSSR count). The molecule has 1 aliphatic heterocycles. The summed E-state index contributed by atoms with van der Waals surface area (Å²) in [6, 6.07) is 0.276. The fraction of sp³-hybridized carbons (Fsp3) is 0.588. The molecule has 0 radical (unpaired) electrons. The minimum absolute atomic E-state index is 0. The van der Waals surface area contributed by atoms with E-state index in [2.05, 4.69) is 20.7 Å². The Kier molecular flexibility index (Phi) is 8.12. The largest absolute Gasteiger partial charge is 0.353 e. The Labute approximate surface area is 165 Å². The van der Waals surface area contributed by atoms with E-state index in [9.17, 15) is 9.59 Å². The first-order valence-electron chi connectivity index (χ1n) is 8.52. The fourth-order valence-electron chi connectivity index (χ4n) is 3.52. The lowest BCUT2D eigenvalue weighted by molar-refractivity contribution is -0.121. The van der Waals surface area contributed by atoms with Crippen LogP contribution in [0.15, 0.2) is 4.79 Å². The monoisotopic (exact) mass is 403 g/mol. The predicted octanol–water partition coefficient (Wildman–Crippen LogP) is 1.52. The first-order chi connectivity index (χ1) is 11.5. The van der Waals surface area contributed by atoms with E-state index in [0.29, 0.717) is 23.9 Å². The molecule has 26 heavy (non-hydrogen) atoms. The molecule has 1 amide bonds. The van der Waals surface area contributed by atoms with Gasteiger partial charge in [0.2, 0.25) is 5.91 Å². The topological polar surface area (TPSA) is 91.8 Å². The Morgan fingerprint density at radius 3 is 2.58 bits per heavy atom. The van der Waals surface area contributed by atoms with Crippen molar-refractivity contribution in [2.45, 2.75) is 45.6 Å². The highest BCUT2D eigenvalue weighted by Gasteiger charge is 2.18. The van der Waals surface area contributed by atoms with Crippen molar-refractivity contribution in [3.63, 3.8) is 0 Å². The summed E-state index contributed by atoms with van der Waals surface area (Å²) in [6.45, 7) is 5.79. The number of rotatable bonds is 4. The maximum Gasteiger partial charge on any atom is 0.273 e. The molecular formula is C17H27Cl2N5O2. The second kappa shape index (κ2) is 9.39. The van der Waals surface area contributed by atoms with Gasteiger partial charge in [-0.15, -0.1) is 24.8 Å². The zero-order valence-corrected chi connectivity index (χ0v) is 17.0. The van der Waals surface area contributed by atoms with E-state index in [1.54, 1.807) is 11.7 Å². The van der Waals surface area contributed by atoms with Crippen molar-refractivity contribution in [1.82, 2.24) is 25.4 Å². The number of nitrogens with zero attached hydrogens (tertiary/aromatic N) is 2. The van der Waals surface area contributed by atoms with Crippen LogP contribution in [0.3, 0.4) is 0 Å². The van der Waals surface area contributed by atoms with Gasteiger partial charge in [0.1, 0.15) is 0 Å². The summed E-state index contributed by atoms with van der Waals surface area (Å²) in [4.78, 5) is 28.8. The van der Waals surface area contributed by atoms with Gasteiger partial charge in [0.05, 0.1) is 5.39 Å². The number of H-pyrrole nitrogens is 1. The molecule has 2 aromatic rings.